The lowest BCUT2D eigenvalue weighted by Gasteiger charge is -2.14. The number of halogens is 1. The highest BCUT2D eigenvalue weighted by Crippen LogP contribution is 2.13. The SMILES string of the molecule is O=C(Cn1c(=O)n(Cc2cccnc2)c(=O)c2ncccc21)Nc1ccccc1F. The van der Waals surface area contributed by atoms with Crippen LogP contribution < -0.4 is 16.6 Å². The Bertz CT molecular complexity index is 1350. The lowest BCUT2D eigenvalue weighted by molar-refractivity contribution is -0.116. The number of hydrogen-bond acceptors (Lipinski definition) is 5. The molecule has 1 aromatic carbocycles. The second-order valence-electron chi connectivity index (χ2n) is 6.52. The van der Waals surface area contributed by atoms with Crippen molar-refractivity contribution >= 4 is 22.6 Å². The summed E-state index contributed by atoms with van der Waals surface area (Å²) in [6, 6.07) is 12.3. The van der Waals surface area contributed by atoms with Crippen LogP contribution in [-0.2, 0) is 17.9 Å². The second kappa shape index (κ2) is 8.08. The molecule has 1 N–H and O–H groups in total. The number of carbonyl (C=O) groups excluding carboxylic acids is 1. The van der Waals surface area contributed by atoms with Gasteiger partial charge >= 0.3 is 5.69 Å². The summed E-state index contributed by atoms with van der Waals surface area (Å²) in [5, 5.41) is 2.44. The second-order valence-corrected chi connectivity index (χ2v) is 6.52. The molecule has 0 aliphatic heterocycles. The number of nitrogens with zero attached hydrogens (tertiary/aromatic N) is 4. The normalized spacial score (nSPS) is 10.8. The zero-order valence-corrected chi connectivity index (χ0v) is 15.7. The van der Waals surface area contributed by atoms with Crippen LogP contribution in [-0.4, -0.2) is 25.0 Å². The van der Waals surface area contributed by atoms with Gasteiger partial charge in [0, 0.05) is 18.6 Å². The Morgan fingerprint density at radius 2 is 1.80 bits per heavy atom. The van der Waals surface area contributed by atoms with Crippen LogP contribution in [0, 0.1) is 5.82 Å². The molecule has 150 valence electrons. The Kier molecular flexibility index (Phi) is 5.17. The van der Waals surface area contributed by atoms with Gasteiger partial charge in [-0.15, -0.1) is 0 Å². The van der Waals surface area contributed by atoms with Gasteiger partial charge in [-0.3, -0.25) is 23.7 Å². The van der Waals surface area contributed by atoms with Crippen molar-refractivity contribution in [2.75, 3.05) is 5.32 Å². The molecule has 30 heavy (non-hydrogen) atoms. The molecule has 0 saturated heterocycles. The molecule has 4 rings (SSSR count). The lowest BCUT2D eigenvalue weighted by Crippen LogP contribution is -2.42. The van der Waals surface area contributed by atoms with E-state index >= 15 is 0 Å². The first kappa shape index (κ1) is 19.2. The van der Waals surface area contributed by atoms with Crippen molar-refractivity contribution in [3.63, 3.8) is 0 Å². The summed E-state index contributed by atoms with van der Waals surface area (Å²) in [5.41, 5.74) is -0.312. The van der Waals surface area contributed by atoms with E-state index in [1.54, 1.807) is 36.7 Å². The fourth-order valence-electron chi connectivity index (χ4n) is 3.11. The van der Waals surface area contributed by atoms with Crippen molar-refractivity contribution in [3.8, 4) is 0 Å². The lowest BCUT2D eigenvalue weighted by atomic mass is 10.2. The van der Waals surface area contributed by atoms with Crippen LogP contribution in [0.1, 0.15) is 5.56 Å². The number of anilines is 1. The molecule has 9 heteroatoms. The van der Waals surface area contributed by atoms with Gasteiger partial charge in [0.15, 0.2) is 5.52 Å². The minimum absolute atomic E-state index is 0.00154. The van der Waals surface area contributed by atoms with Crippen molar-refractivity contribution in [3.05, 3.63) is 99.3 Å². The van der Waals surface area contributed by atoms with Crippen LogP contribution in [0.3, 0.4) is 0 Å². The van der Waals surface area contributed by atoms with Crippen LogP contribution in [0.2, 0.25) is 0 Å². The zero-order valence-electron chi connectivity index (χ0n) is 15.7. The monoisotopic (exact) mass is 405 g/mol. The van der Waals surface area contributed by atoms with Gasteiger partial charge in [-0.25, -0.2) is 14.2 Å². The highest BCUT2D eigenvalue weighted by molar-refractivity contribution is 5.91. The van der Waals surface area contributed by atoms with E-state index in [-0.39, 0.29) is 23.3 Å². The molecule has 0 aliphatic carbocycles. The summed E-state index contributed by atoms with van der Waals surface area (Å²) < 4.78 is 16.0. The number of aromatic nitrogens is 4. The number of fused-ring (bicyclic) bond motifs is 1. The summed E-state index contributed by atoms with van der Waals surface area (Å²) in [6.45, 7) is -0.435. The van der Waals surface area contributed by atoms with E-state index in [0.29, 0.717) is 5.56 Å². The smallest absolute Gasteiger partial charge is 0.322 e. The minimum atomic E-state index is -0.673. The number of nitrogens with one attached hydrogen (secondary N) is 1. The van der Waals surface area contributed by atoms with Gasteiger partial charge in [0.05, 0.1) is 17.7 Å². The number of pyridine rings is 2. The number of amides is 1. The Labute approximate surface area is 169 Å². The van der Waals surface area contributed by atoms with E-state index in [1.165, 1.54) is 30.5 Å². The van der Waals surface area contributed by atoms with Gasteiger partial charge in [0.1, 0.15) is 12.4 Å². The van der Waals surface area contributed by atoms with E-state index in [9.17, 15) is 18.8 Å². The van der Waals surface area contributed by atoms with E-state index in [1.807, 2.05) is 0 Å². The van der Waals surface area contributed by atoms with Crippen LogP contribution in [0.25, 0.3) is 11.0 Å². The molecule has 0 saturated carbocycles. The first-order chi connectivity index (χ1) is 14.5. The maximum absolute atomic E-state index is 13.8. The maximum atomic E-state index is 13.8. The largest absolute Gasteiger partial charge is 0.332 e. The van der Waals surface area contributed by atoms with Gasteiger partial charge < -0.3 is 5.32 Å². The summed E-state index contributed by atoms with van der Waals surface area (Å²) in [4.78, 5) is 46.5. The number of carbonyl (C=O) groups is 1. The molecular formula is C21H16FN5O3. The van der Waals surface area contributed by atoms with Crippen molar-refractivity contribution in [2.24, 2.45) is 0 Å². The zero-order chi connectivity index (χ0) is 21.1. The third-order valence-corrected chi connectivity index (χ3v) is 4.50. The molecule has 3 heterocycles. The van der Waals surface area contributed by atoms with E-state index in [4.69, 9.17) is 0 Å². The third kappa shape index (κ3) is 3.72. The fourth-order valence-corrected chi connectivity index (χ4v) is 3.11. The molecule has 1 amide bonds. The van der Waals surface area contributed by atoms with Gasteiger partial charge in [-0.05, 0) is 35.9 Å². The predicted octanol–water partition coefficient (Wildman–Crippen LogP) is 1.78. The maximum Gasteiger partial charge on any atom is 0.332 e. The van der Waals surface area contributed by atoms with Gasteiger partial charge in [0.25, 0.3) is 5.56 Å². The highest BCUT2D eigenvalue weighted by Gasteiger charge is 2.17. The number of benzene rings is 1. The van der Waals surface area contributed by atoms with Crippen LogP contribution in [0.5, 0.6) is 0 Å². The van der Waals surface area contributed by atoms with Crippen LogP contribution in [0.4, 0.5) is 10.1 Å². The quantitative estimate of drug-likeness (QED) is 0.546. The Hall–Kier alpha value is -4.14. The fraction of sp³-hybridized carbons (Fsp3) is 0.0952. The molecule has 0 fully saturated rings. The average molecular weight is 405 g/mol. The van der Waals surface area contributed by atoms with Gasteiger partial charge in [-0.1, -0.05) is 18.2 Å². The standard InChI is InChI=1S/C21H16FN5O3/c22-15-6-1-2-7-16(15)25-18(28)13-26-17-8-4-10-24-19(17)20(29)27(21(26)30)12-14-5-3-9-23-11-14/h1-11H,12-13H2,(H,25,28). The van der Waals surface area contributed by atoms with Crippen LogP contribution in [0.15, 0.2) is 76.7 Å². The summed E-state index contributed by atoms with van der Waals surface area (Å²) in [6.07, 6.45) is 4.57. The predicted molar refractivity (Wildman–Crippen MR) is 109 cm³/mol. The summed E-state index contributed by atoms with van der Waals surface area (Å²) >= 11 is 0. The molecule has 0 spiro atoms. The first-order valence-corrected chi connectivity index (χ1v) is 9.06. The topological polar surface area (TPSA) is 98.9 Å². The van der Waals surface area contributed by atoms with Crippen molar-refractivity contribution in [1.29, 1.82) is 0 Å². The number of rotatable bonds is 5. The Morgan fingerprint density at radius 1 is 1.00 bits per heavy atom. The molecule has 0 bridgehead atoms. The molecule has 0 radical (unpaired) electrons. The van der Waals surface area contributed by atoms with Crippen molar-refractivity contribution in [1.82, 2.24) is 19.1 Å². The molecule has 8 nitrogen and oxygen atoms in total. The third-order valence-electron chi connectivity index (χ3n) is 4.50. The van der Waals surface area contributed by atoms with E-state index in [0.717, 1.165) is 9.13 Å². The summed E-state index contributed by atoms with van der Waals surface area (Å²) in [5.74, 6) is -1.20. The number of para-hydroxylation sites is 1. The van der Waals surface area contributed by atoms with E-state index < -0.39 is 29.5 Å². The molecule has 0 unspecified atom stereocenters. The van der Waals surface area contributed by atoms with Crippen LogP contribution >= 0.6 is 0 Å². The molecule has 3 aromatic heterocycles. The first-order valence-electron chi connectivity index (χ1n) is 9.06. The molecular weight excluding hydrogens is 389 g/mol. The molecule has 0 aliphatic rings. The molecule has 4 aromatic rings. The van der Waals surface area contributed by atoms with Crippen molar-refractivity contribution in [2.45, 2.75) is 13.1 Å². The minimum Gasteiger partial charge on any atom is -0.322 e. The highest BCUT2D eigenvalue weighted by atomic mass is 19.1. The Balaban J connectivity index is 1.77. The summed E-state index contributed by atoms with van der Waals surface area (Å²) in [7, 11) is 0. The average Bonchev–Trinajstić information content (AvgIpc) is 2.76. The Morgan fingerprint density at radius 3 is 2.57 bits per heavy atom. The van der Waals surface area contributed by atoms with Gasteiger partial charge in [-0.2, -0.15) is 0 Å². The molecule has 0 atom stereocenters. The number of hydrogen-bond donors (Lipinski definition) is 1. The van der Waals surface area contributed by atoms with Crippen molar-refractivity contribution < 1.29 is 9.18 Å². The van der Waals surface area contributed by atoms with Gasteiger partial charge in [0.2, 0.25) is 5.91 Å². The van der Waals surface area contributed by atoms with E-state index in [2.05, 4.69) is 15.3 Å².